The van der Waals surface area contributed by atoms with E-state index in [9.17, 15) is 8.42 Å². The van der Waals surface area contributed by atoms with Crippen molar-refractivity contribution in [3.05, 3.63) is 0 Å². The van der Waals surface area contributed by atoms with E-state index in [1.54, 1.807) is 7.11 Å². The Balaban J connectivity index is 0.00000106. The van der Waals surface area contributed by atoms with Gasteiger partial charge in [-0.3, -0.25) is 4.90 Å². The minimum Gasteiger partial charge on any atom is -0.383 e. The normalized spacial score (nSPS) is 19.0. The lowest BCUT2D eigenvalue weighted by molar-refractivity contribution is 0.123. The maximum absolute atomic E-state index is 11.2. The second kappa shape index (κ2) is 8.00. The van der Waals surface area contributed by atoms with Gasteiger partial charge >= 0.3 is 0 Å². The van der Waals surface area contributed by atoms with Gasteiger partial charge in [0.1, 0.15) is 0 Å². The Bertz CT molecular complexity index is 259. The molecular formula is C10H24N2O3S. The highest BCUT2D eigenvalue weighted by Gasteiger charge is 2.22. The van der Waals surface area contributed by atoms with Gasteiger partial charge in [0.05, 0.1) is 12.9 Å². The fourth-order valence-corrected chi connectivity index (χ4v) is 2.33. The van der Waals surface area contributed by atoms with E-state index in [-0.39, 0.29) is 0 Å². The van der Waals surface area contributed by atoms with Gasteiger partial charge in [0.15, 0.2) is 0 Å². The lowest BCUT2D eigenvalue weighted by Crippen LogP contribution is -2.48. The predicted octanol–water partition coefficient (Wildman–Crippen LogP) is 0.236. The first-order valence-electron chi connectivity index (χ1n) is 5.70. The fourth-order valence-electron chi connectivity index (χ4n) is 1.51. The van der Waals surface area contributed by atoms with Gasteiger partial charge in [-0.2, -0.15) is 4.31 Å². The van der Waals surface area contributed by atoms with E-state index in [1.165, 1.54) is 10.6 Å². The summed E-state index contributed by atoms with van der Waals surface area (Å²) in [6.07, 6.45) is 1.26. The molecule has 0 saturated carbocycles. The van der Waals surface area contributed by atoms with Crippen LogP contribution in [0.4, 0.5) is 0 Å². The maximum Gasteiger partial charge on any atom is 0.211 e. The van der Waals surface area contributed by atoms with Crippen LogP contribution in [0, 0.1) is 0 Å². The molecule has 6 heteroatoms. The van der Waals surface area contributed by atoms with Crippen molar-refractivity contribution in [2.45, 2.75) is 13.8 Å². The molecule has 0 atom stereocenters. The first-order chi connectivity index (χ1) is 7.54. The third-order valence-corrected chi connectivity index (χ3v) is 3.72. The fraction of sp³-hybridized carbons (Fsp3) is 1.00. The molecule has 16 heavy (non-hydrogen) atoms. The summed E-state index contributed by atoms with van der Waals surface area (Å²) in [5.41, 5.74) is 0. The van der Waals surface area contributed by atoms with Crippen LogP contribution >= 0.6 is 0 Å². The molecule has 0 N–H and O–H groups in total. The van der Waals surface area contributed by atoms with Crippen LogP contribution in [0.1, 0.15) is 13.8 Å². The number of ether oxygens (including phenoxy) is 1. The Morgan fingerprint density at radius 3 is 2.00 bits per heavy atom. The number of nitrogens with zero attached hydrogens (tertiary/aromatic N) is 2. The smallest absolute Gasteiger partial charge is 0.211 e. The quantitative estimate of drug-likeness (QED) is 0.719. The molecule has 0 bridgehead atoms. The summed E-state index contributed by atoms with van der Waals surface area (Å²) in [5.74, 6) is 0. The van der Waals surface area contributed by atoms with Crippen LogP contribution in [-0.2, 0) is 14.8 Å². The van der Waals surface area contributed by atoms with Crippen molar-refractivity contribution >= 4 is 10.0 Å². The zero-order valence-electron chi connectivity index (χ0n) is 10.8. The average molecular weight is 252 g/mol. The van der Waals surface area contributed by atoms with Crippen LogP contribution in [0.2, 0.25) is 0 Å². The van der Waals surface area contributed by atoms with Gasteiger partial charge in [-0.05, 0) is 0 Å². The summed E-state index contributed by atoms with van der Waals surface area (Å²) >= 11 is 0. The van der Waals surface area contributed by atoms with Crippen molar-refractivity contribution in [3.63, 3.8) is 0 Å². The first-order valence-corrected chi connectivity index (χ1v) is 7.55. The molecule has 5 nitrogen and oxygen atoms in total. The van der Waals surface area contributed by atoms with Crippen molar-refractivity contribution in [2.24, 2.45) is 0 Å². The number of hydrogen-bond acceptors (Lipinski definition) is 4. The Hall–Kier alpha value is -0.170. The molecule has 98 valence electrons. The monoisotopic (exact) mass is 252 g/mol. The van der Waals surface area contributed by atoms with Gasteiger partial charge in [0.25, 0.3) is 0 Å². The molecule has 0 spiro atoms. The van der Waals surface area contributed by atoms with E-state index in [0.717, 1.165) is 19.6 Å². The Labute approximate surface area is 99.4 Å². The van der Waals surface area contributed by atoms with E-state index in [2.05, 4.69) is 4.90 Å². The second-order valence-electron chi connectivity index (χ2n) is 3.50. The third-order valence-electron chi connectivity index (χ3n) is 2.41. The summed E-state index contributed by atoms with van der Waals surface area (Å²) in [6, 6.07) is 0. The predicted molar refractivity (Wildman–Crippen MR) is 66.1 cm³/mol. The van der Waals surface area contributed by atoms with Crippen molar-refractivity contribution in [3.8, 4) is 0 Å². The van der Waals surface area contributed by atoms with Crippen LogP contribution < -0.4 is 0 Å². The van der Waals surface area contributed by atoms with E-state index in [0.29, 0.717) is 19.7 Å². The third kappa shape index (κ3) is 5.79. The summed E-state index contributed by atoms with van der Waals surface area (Å²) in [4.78, 5) is 2.21. The Morgan fingerprint density at radius 1 is 1.12 bits per heavy atom. The minimum atomic E-state index is -2.99. The van der Waals surface area contributed by atoms with Crippen LogP contribution in [0.5, 0.6) is 0 Å². The molecule has 0 radical (unpaired) electrons. The highest BCUT2D eigenvalue weighted by Crippen LogP contribution is 2.05. The van der Waals surface area contributed by atoms with Crippen LogP contribution in [0.15, 0.2) is 0 Å². The second-order valence-corrected chi connectivity index (χ2v) is 5.48. The van der Waals surface area contributed by atoms with Gasteiger partial charge in [-0.25, -0.2) is 8.42 Å². The van der Waals surface area contributed by atoms with Gasteiger partial charge in [-0.15, -0.1) is 0 Å². The molecule has 0 amide bonds. The lowest BCUT2D eigenvalue weighted by atomic mass is 10.4. The summed E-state index contributed by atoms with van der Waals surface area (Å²) in [7, 11) is -1.32. The van der Waals surface area contributed by atoms with E-state index in [1.807, 2.05) is 13.8 Å². The molecule has 1 heterocycles. The van der Waals surface area contributed by atoms with E-state index >= 15 is 0 Å². The highest BCUT2D eigenvalue weighted by atomic mass is 32.2. The minimum absolute atomic E-state index is 0.600. The molecule has 1 aliphatic rings. The van der Waals surface area contributed by atoms with Gasteiger partial charge in [0, 0.05) is 39.8 Å². The summed E-state index contributed by atoms with van der Waals surface area (Å²) in [5, 5.41) is 0. The zero-order chi connectivity index (χ0) is 12.6. The van der Waals surface area contributed by atoms with Crippen molar-refractivity contribution in [1.29, 1.82) is 0 Å². The van der Waals surface area contributed by atoms with Crippen molar-refractivity contribution < 1.29 is 13.2 Å². The van der Waals surface area contributed by atoms with Gasteiger partial charge in [0.2, 0.25) is 10.0 Å². The van der Waals surface area contributed by atoms with Crippen LogP contribution in [-0.4, -0.2) is 70.3 Å². The zero-order valence-corrected chi connectivity index (χ0v) is 11.6. The van der Waals surface area contributed by atoms with Gasteiger partial charge < -0.3 is 4.74 Å². The number of methoxy groups -OCH3 is 1. The first kappa shape index (κ1) is 15.8. The molecule has 0 aliphatic carbocycles. The van der Waals surface area contributed by atoms with E-state index < -0.39 is 10.0 Å². The average Bonchev–Trinajstić information content (AvgIpc) is 2.28. The molecule has 1 saturated heterocycles. The summed E-state index contributed by atoms with van der Waals surface area (Å²) in [6.45, 7) is 8.39. The van der Waals surface area contributed by atoms with E-state index in [4.69, 9.17) is 4.74 Å². The lowest BCUT2D eigenvalue weighted by Gasteiger charge is -2.32. The number of piperazine rings is 1. The molecule has 1 rings (SSSR count). The topological polar surface area (TPSA) is 49.9 Å². The standard InChI is InChI=1S/C8H18N2O3S.C2H6/c1-13-8-7-9-3-5-10(6-4-9)14(2,11)12;1-2/h3-8H2,1-2H3;1-2H3. The van der Waals surface area contributed by atoms with Crippen LogP contribution in [0.25, 0.3) is 0 Å². The largest absolute Gasteiger partial charge is 0.383 e. The SMILES string of the molecule is CC.COCCN1CCN(S(C)(=O)=O)CC1. The Morgan fingerprint density at radius 2 is 1.62 bits per heavy atom. The highest BCUT2D eigenvalue weighted by molar-refractivity contribution is 7.88. The molecule has 1 fully saturated rings. The maximum atomic E-state index is 11.2. The molecule has 1 aliphatic heterocycles. The molecule has 0 unspecified atom stereocenters. The Kier molecular flexibility index (Phi) is 7.91. The number of hydrogen-bond donors (Lipinski definition) is 0. The summed E-state index contributed by atoms with van der Waals surface area (Å²) < 4.78 is 28.9. The van der Waals surface area contributed by atoms with Crippen molar-refractivity contribution in [1.82, 2.24) is 9.21 Å². The molecule has 0 aromatic heterocycles. The molecule has 0 aromatic carbocycles. The number of sulfonamides is 1. The van der Waals surface area contributed by atoms with Crippen LogP contribution in [0.3, 0.4) is 0 Å². The number of rotatable bonds is 4. The molecule has 0 aromatic rings. The van der Waals surface area contributed by atoms with Gasteiger partial charge in [-0.1, -0.05) is 13.8 Å². The molecular weight excluding hydrogens is 228 g/mol. The van der Waals surface area contributed by atoms with Crippen molar-refractivity contribution in [2.75, 3.05) is 52.7 Å².